The van der Waals surface area contributed by atoms with E-state index in [1.165, 1.54) is 61.3 Å². The Bertz CT molecular complexity index is 602. The van der Waals surface area contributed by atoms with Crippen molar-refractivity contribution in [2.24, 2.45) is 5.92 Å². The second kappa shape index (κ2) is 7.10. The van der Waals surface area contributed by atoms with Crippen molar-refractivity contribution in [3.63, 3.8) is 0 Å². The third-order valence-corrected chi connectivity index (χ3v) is 4.99. The predicted molar refractivity (Wildman–Crippen MR) is 90.8 cm³/mol. The molecular formula is C19H27N3. The molecule has 0 saturated carbocycles. The summed E-state index contributed by atoms with van der Waals surface area (Å²) in [7, 11) is 0. The van der Waals surface area contributed by atoms with Gasteiger partial charge in [0, 0.05) is 18.8 Å². The van der Waals surface area contributed by atoms with Crippen LogP contribution in [0.1, 0.15) is 41.8 Å². The third-order valence-electron chi connectivity index (χ3n) is 4.99. The van der Waals surface area contributed by atoms with Gasteiger partial charge in [-0.2, -0.15) is 0 Å². The number of imidazole rings is 1. The first kappa shape index (κ1) is 15.3. The minimum Gasteiger partial charge on any atom is -0.348 e. The number of piperidine rings is 1. The van der Waals surface area contributed by atoms with Crippen LogP contribution in [-0.4, -0.2) is 28.0 Å². The number of H-pyrrole nitrogens is 1. The zero-order chi connectivity index (χ0) is 15.4. The highest BCUT2D eigenvalue weighted by molar-refractivity contribution is 5.25. The Kier molecular flexibility index (Phi) is 4.94. The van der Waals surface area contributed by atoms with E-state index in [1.54, 1.807) is 0 Å². The fourth-order valence-corrected chi connectivity index (χ4v) is 3.54. The van der Waals surface area contributed by atoms with Crippen molar-refractivity contribution >= 4 is 0 Å². The van der Waals surface area contributed by atoms with Gasteiger partial charge in [0.05, 0.1) is 12.0 Å². The Labute approximate surface area is 133 Å². The normalized spacial score (nSPS) is 19.5. The largest absolute Gasteiger partial charge is 0.348 e. The number of hydrogen-bond donors (Lipinski definition) is 1. The number of aromatic amines is 1. The highest BCUT2D eigenvalue weighted by atomic mass is 15.1. The summed E-state index contributed by atoms with van der Waals surface area (Å²) >= 11 is 0. The number of nitrogens with one attached hydrogen (secondary N) is 1. The minimum absolute atomic E-state index is 0.826. The van der Waals surface area contributed by atoms with Crippen LogP contribution >= 0.6 is 0 Å². The molecule has 0 bridgehead atoms. The average molecular weight is 297 g/mol. The SMILES string of the molecule is Cc1ccccc1CCC1CCCN(Cc2nc[nH]c2C)C1. The molecule has 0 spiro atoms. The fourth-order valence-electron chi connectivity index (χ4n) is 3.54. The second-order valence-electron chi connectivity index (χ2n) is 6.68. The predicted octanol–water partition coefficient (Wildman–Crippen LogP) is 3.87. The first-order chi connectivity index (χ1) is 10.7. The summed E-state index contributed by atoms with van der Waals surface area (Å²) in [6, 6.07) is 8.80. The molecule has 1 aliphatic heterocycles. The number of likely N-dealkylation sites (tertiary alicyclic amines) is 1. The molecule has 118 valence electrons. The average Bonchev–Trinajstić information content (AvgIpc) is 2.92. The van der Waals surface area contributed by atoms with Crippen LogP contribution in [0.3, 0.4) is 0 Å². The summed E-state index contributed by atoms with van der Waals surface area (Å²) < 4.78 is 0. The lowest BCUT2D eigenvalue weighted by Gasteiger charge is -2.32. The molecule has 1 N–H and O–H groups in total. The lowest BCUT2D eigenvalue weighted by molar-refractivity contribution is 0.160. The molecule has 0 aliphatic carbocycles. The Morgan fingerprint density at radius 2 is 2.14 bits per heavy atom. The number of rotatable bonds is 5. The van der Waals surface area contributed by atoms with Crippen LogP contribution in [0, 0.1) is 19.8 Å². The minimum atomic E-state index is 0.826. The van der Waals surface area contributed by atoms with E-state index in [1.807, 2.05) is 6.33 Å². The Balaban J connectivity index is 1.52. The summed E-state index contributed by atoms with van der Waals surface area (Å²) in [5, 5.41) is 0. The number of benzene rings is 1. The van der Waals surface area contributed by atoms with Crippen molar-refractivity contribution in [2.45, 2.75) is 46.1 Å². The van der Waals surface area contributed by atoms with Crippen molar-refractivity contribution in [1.29, 1.82) is 0 Å². The Hall–Kier alpha value is -1.61. The fraction of sp³-hybridized carbons (Fsp3) is 0.526. The molecule has 22 heavy (non-hydrogen) atoms. The highest BCUT2D eigenvalue weighted by Gasteiger charge is 2.21. The summed E-state index contributed by atoms with van der Waals surface area (Å²) in [6.07, 6.45) is 7.03. The van der Waals surface area contributed by atoms with E-state index in [9.17, 15) is 0 Å². The maximum atomic E-state index is 4.44. The quantitative estimate of drug-likeness (QED) is 0.908. The van der Waals surface area contributed by atoms with Gasteiger partial charge in [-0.3, -0.25) is 4.90 Å². The Morgan fingerprint density at radius 3 is 2.91 bits per heavy atom. The van der Waals surface area contributed by atoms with E-state index >= 15 is 0 Å². The van der Waals surface area contributed by atoms with Crippen LogP contribution < -0.4 is 0 Å². The van der Waals surface area contributed by atoms with E-state index in [-0.39, 0.29) is 0 Å². The molecule has 1 aliphatic rings. The highest BCUT2D eigenvalue weighted by Crippen LogP contribution is 2.23. The summed E-state index contributed by atoms with van der Waals surface area (Å²) in [5.74, 6) is 0.826. The maximum Gasteiger partial charge on any atom is 0.0925 e. The molecule has 3 nitrogen and oxygen atoms in total. The first-order valence-corrected chi connectivity index (χ1v) is 8.48. The molecule has 1 atom stereocenters. The molecule has 0 radical (unpaired) electrons. The lowest BCUT2D eigenvalue weighted by Crippen LogP contribution is -2.35. The number of nitrogens with zero attached hydrogens (tertiary/aromatic N) is 2. The van der Waals surface area contributed by atoms with Gasteiger partial charge in [0.1, 0.15) is 0 Å². The van der Waals surface area contributed by atoms with Gasteiger partial charge in [0.2, 0.25) is 0 Å². The van der Waals surface area contributed by atoms with Crippen molar-refractivity contribution in [1.82, 2.24) is 14.9 Å². The van der Waals surface area contributed by atoms with Crippen molar-refractivity contribution in [3.8, 4) is 0 Å². The molecule has 2 heterocycles. The standard InChI is InChI=1S/C19H27N3/c1-15-6-3-4-8-18(15)10-9-17-7-5-11-22(12-17)13-19-16(2)20-14-21-19/h3-4,6,8,14,17H,5,7,9-13H2,1-2H3,(H,20,21). The van der Waals surface area contributed by atoms with Crippen LogP contribution in [0.25, 0.3) is 0 Å². The van der Waals surface area contributed by atoms with Gasteiger partial charge < -0.3 is 4.98 Å². The molecule has 1 aromatic carbocycles. The molecule has 1 unspecified atom stereocenters. The van der Waals surface area contributed by atoms with Crippen LogP contribution in [0.2, 0.25) is 0 Å². The summed E-state index contributed by atoms with van der Waals surface area (Å²) in [6.45, 7) is 7.77. The zero-order valence-electron chi connectivity index (χ0n) is 13.8. The monoisotopic (exact) mass is 297 g/mol. The maximum absolute atomic E-state index is 4.44. The first-order valence-electron chi connectivity index (χ1n) is 8.48. The number of hydrogen-bond acceptors (Lipinski definition) is 2. The van der Waals surface area contributed by atoms with Crippen LogP contribution in [0.15, 0.2) is 30.6 Å². The van der Waals surface area contributed by atoms with Crippen LogP contribution in [0.4, 0.5) is 0 Å². The topological polar surface area (TPSA) is 31.9 Å². The lowest BCUT2D eigenvalue weighted by atomic mass is 9.90. The van der Waals surface area contributed by atoms with Crippen molar-refractivity contribution in [2.75, 3.05) is 13.1 Å². The molecule has 2 aromatic rings. The zero-order valence-corrected chi connectivity index (χ0v) is 13.8. The van der Waals surface area contributed by atoms with Gasteiger partial charge in [-0.1, -0.05) is 24.3 Å². The van der Waals surface area contributed by atoms with Gasteiger partial charge in [0.15, 0.2) is 0 Å². The van der Waals surface area contributed by atoms with Gasteiger partial charge in [0.25, 0.3) is 0 Å². The van der Waals surface area contributed by atoms with Crippen molar-refractivity contribution in [3.05, 3.63) is 53.1 Å². The van der Waals surface area contributed by atoms with E-state index in [4.69, 9.17) is 0 Å². The molecular weight excluding hydrogens is 270 g/mol. The molecule has 1 fully saturated rings. The molecule has 3 rings (SSSR count). The van der Waals surface area contributed by atoms with E-state index in [0.29, 0.717) is 0 Å². The van der Waals surface area contributed by atoms with Crippen LogP contribution in [-0.2, 0) is 13.0 Å². The number of aromatic nitrogens is 2. The smallest absolute Gasteiger partial charge is 0.0925 e. The van der Waals surface area contributed by atoms with Crippen molar-refractivity contribution < 1.29 is 0 Å². The number of aryl methyl sites for hydroxylation is 3. The van der Waals surface area contributed by atoms with Crippen LogP contribution in [0.5, 0.6) is 0 Å². The van der Waals surface area contributed by atoms with Gasteiger partial charge in [-0.05, 0) is 63.1 Å². The summed E-state index contributed by atoms with van der Waals surface area (Å²) in [4.78, 5) is 10.2. The van der Waals surface area contributed by atoms with Gasteiger partial charge >= 0.3 is 0 Å². The Morgan fingerprint density at radius 1 is 1.27 bits per heavy atom. The molecule has 1 saturated heterocycles. The second-order valence-corrected chi connectivity index (χ2v) is 6.68. The molecule has 3 heteroatoms. The van der Waals surface area contributed by atoms with Gasteiger partial charge in [-0.15, -0.1) is 0 Å². The third kappa shape index (κ3) is 3.77. The molecule has 0 amide bonds. The van der Waals surface area contributed by atoms with E-state index in [0.717, 1.165) is 12.5 Å². The van der Waals surface area contributed by atoms with Gasteiger partial charge in [-0.25, -0.2) is 4.98 Å². The van der Waals surface area contributed by atoms with E-state index < -0.39 is 0 Å². The summed E-state index contributed by atoms with van der Waals surface area (Å²) in [5.41, 5.74) is 5.37. The van der Waals surface area contributed by atoms with E-state index in [2.05, 4.69) is 53.0 Å². The molecule has 1 aromatic heterocycles.